The van der Waals surface area contributed by atoms with Gasteiger partial charge in [0.1, 0.15) is 5.82 Å². The fourth-order valence-electron chi connectivity index (χ4n) is 1.21. The Hall–Kier alpha value is -1.29. The number of halogens is 1. The van der Waals surface area contributed by atoms with Crippen molar-refractivity contribution in [3.05, 3.63) is 30.6 Å². The third kappa shape index (κ3) is 2.14. The Bertz CT molecular complexity index is 315. The standard InChI is InChI=1S/C10H14FNO2/c1-12-6-7-4-9(13-2)10(14-3)5-8(7)11/h4-5H,1,6,12H2,2-3H3. The highest BCUT2D eigenvalue weighted by molar-refractivity contribution is 5.43. The van der Waals surface area contributed by atoms with Crippen molar-refractivity contribution in [2.24, 2.45) is 0 Å². The van der Waals surface area contributed by atoms with Crippen LogP contribution < -0.4 is 14.8 Å². The summed E-state index contributed by atoms with van der Waals surface area (Å²) in [4.78, 5) is 0. The molecule has 0 heterocycles. The van der Waals surface area contributed by atoms with E-state index in [4.69, 9.17) is 9.47 Å². The number of quaternary nitrogens is 1. The smallest absolute Gasteiger partial charge is 0.163 e. The van der Waals surface area contributed by atoms with Gasteiger partial charge in [-0.3, -0.25) is 0 Å². The number of hydrogen-bond donors (Lipinski definition) is 1. The van der Waals surface area contributed by atoms with Gasteiger partial charge in [0, 0.05) is 11.6 Å². The lowest BCUT2D eigenvalue weighted by atomic mass is 10.2. The van der Waals surface area contributed by atoms with Crippen LogP contribution in [-0.2, 0) is 6.54 Å². The summed E-state index contributed by atoms with van der Waals surface area (Å²) in [5, 5.41) is 1.64. The van der Waals surface area contributed by atoms with Gasteiger partial charge in [-0.1, -0.05) is 0 Å². The Morgan fingerprint density at radius 2 is 1.86 bits per heavy atom. The highest BCUT2D eigenvalue weighted by atomic mass is 19.1. The van der Waals surface area contributed by atoms with E-state index in [0.717, 1.165) is 0 Å². The van der Waals surface area contributed by atoms with E-state index in [0.29, 0.717) is 23.6 Å². The summed E-state index contributed by atoms with van der Waals surface area (Å²) in [5.41, 5.74) is 0.553. The van der Waals surface area contributed by atoms with Crippen LogP contribution in [0.15, 0.2) is 12.1 Å². The highest BCUT2D eigenvalue weighted by Crippen LogP contribution is 2.29. The zero-order chi connectivity index (χ0) is 10.6. The number of benzene rings is 1. The minimum atomic E-state index is -0.303. The molecule has 0 aliphatic heterocycles. The van der Waals surface area contributed by atoms with Gasteiger partial charge in [-0.25, -0.2) is 4.39 Å². The summed E-state index contributed by atoms with van der Waals surface area (Å²) in [5.74, 6) is 0.631. The lowest BCUT2D eigenvalue weighted by molar-refractivity contribution is -0.612. The third-order valence-corrected chi connectivity index (χ3v) is 1.92. The Kier molecular flexibility index (Phi) is 3.71. The first kappa shape index (κ1) is 10.8. The second kappa shape index (κ2) is 4.81. The van der Waals surface area contributed by atoms with Gasteiger partial charge >= 0.3 is 0 Å². The maximum Gasteiger partial charge on any atom is 0.163 e. The molecule has 0 bridgehead atoms. The molecule has 0 aliphatic carbocycles. The fourth-order valence-corrected chi connectivity index (χ4v) is 1.21. The van der Waals surface area contributed by atoms with Crippen LogP contribution in [0.3, 0.4) is 0 Å². The van der Waals surface area contributed by atoms with E-state index in [9.17, 15) is 4.39 Å². The SMILES string of the molecule is [CH2-][NH2+]Cc1cc(OC)c(OC)cc1F. The first-order valence-corrected chi connectivity index (χ1v) is 4.24. The molecule has 0 aliphatic rings. The molecule has 1 aromatic carbocycles. The number of nitrogens with two attached hydrogens (primary N) is 1. The number of ether oxygens (including phenoxy) is 2. The van der Waals surface area contributed by atoms with E-state index in [1.54, 1.807) is 11.4 Å². The van der Waals surface area contributed by atoms with Gasteiger partial charge in [0.05, 0.1) is 20.8 Å². The van der Waals surface area contributed by atoms with Crippen molar-refractivity contribution in [1.82, 2.24) is 0 Å². The molecule has 14 heavy (non-hydrogen) atoms. The van der Waals surface area contributed by atoms with Gasteiger partial charge in [-0.15, -0.1) is 0 Å². The average Bonchev–Trinajstić information content (AvgIpc) is 2.20. The Balaban J connectivity index is 3.09. The molecular formula is C10H14FNO2. The van der Waals surface area contributed by atoms with Crippen molar-refractivity contribution in [2.45, 2.75) is 6.54 Å². The number of methoxy groups -OCH3 is 2. The van der Waals surface area contributed by atoms with E-state index in [1.165, 1.54) is 20.3 Å². The lowest BCUT2D eigenvalue weighted by Crippen LogP contribution is -2.75. The largest absolute Gasteiger partial charge is 0.493 e. The predicted octanol–water partition coefficient (Wildman–Crippen LogP) is 0.698. The molecule has 0 atom stereocenters. The van der Waals surface area contributed by atoms with Crippen molar-refractivity contribution >= 4 is 0 Å². The quantitative estimate of drug-likeness (QED) is 0.724. The topological polar surface area (TPSA) is 35.1 Å². The summed E-state index contributed by atoms with van der Waals surface area (Å²) in [7, 11) is 6.55. The van der Waals surface area contributed by atoms with E-state index in [2.05, 4.69) is 7.05 Å². The molecule has 0 fully saturated rings. The molecule has 0 aromatic heterocycles. The minimum Gasteiger partial charge on any atom is -0.493 e. The van der Waals surface area contributed by atoms with Gasteiger partial charge in [-0.2, -0.15) is 7.05 Å². The van der Waals surface area contributed by atoms with Crippen molar-refractivity contribution in [3.63, 3.8) is 0 Å². The second-order valence-electron chi connectivity index (χ2n) is 2.79. The normalized spacial score (nSPS) is 10.0. The molecule has 78 valence electrons. The van der Waals surface area contributed by atoms with Crippen molar-refractivity contribution < 1.29 is 19.2 Å². The van der Waals surface area contributed by atoms with E-state index < -0.39 is 0 Å². The molecule has 0 spiro atoms. The summed E-state index contributed by atoms with van der Waals surface area (Å²) >= 11 is 0. The third-order valence-electron chi connectivity index (χ3n) is 1.92. The Morgan fingerprint density at radius 3 is 2.36 bits per heavy atom. The van der Waals surface area contributed by atoms with Crippen LogP contribution in [0.25, 0.3) is 0 Å². The summed E-state index contributed by atoms with van der Waals surface area (Å²) in [6.07, 6.45) is 0. The van der Waals surface area contributed by atoms with Gasteiger partial charge in [-0.05, 0) is 6.07 Å². The maximum absolute atomic E-state index is 13.4. The van der Waals surface area contributed by atoms with Crippen LogP contribution in [0, 0.1) is 12.9 Å². The van der Waals surface area contributed by atoms with Crippen LogP contribution in [-0.4, -0.2) is 14.2 Å². The van der Waals surface area contributed by atoms with Gasteiger partial charge < -0.3 is 14.8 Å². The molecule has 1 rings (SSSR count). The maximum atomic E-state index is 13.4. The van der Waals surface area contributed by atoms with Gasteiger partial charge in [0.25, 0.3) is 0 Å². The fraction of sp³-hybridized carbons (Fsp3) is 0.300. The molecule has 0 saturated carbocycles. The molecule has 0 radical (unpaired) electrons. The van der Waals surface area contributed by atoms with Gasteiger partial charge in [0.15, 0.2) is 11.5 Å². The minimum absolute atomic E-state index is 0.303. The van der Waals surface area contributed by atoms with Crippen LogP contribution in [0.4, 0.5) is 4.39 Å². The Morgan fingerprint density at radius 1 is 1.29 bits per heavy atom. The molecule has 1 aromatic rings. The first-order valence-electron chi connectivity index (χ1n) is 4.24. The van der Waals surface area contributed by atoms with Crippen molar-refractivity contribution in [3.8, 4) is 11.5 Å². The highest BCUT2D eigenvalue weighted by Gasteiger charge is 2.10. The molecule has 4 heteroatoms. The van der Waals surface area contributed by atoms with Crippen LogP contribution in [0.5, 0.6) is 11.5 Å². The molecule has 3 nitrogen and oxygen atoms in total. The van der Waals surface area contributed by atoms with Gasteiger partial charge in [0.2, 0.25) is 0 Å². The number of hydrogen-bond acceptors (Lipinski definition) is 2. The van der Waals surface area contributed by atoms with E-state index >= 15 is 0 Å². The van der Waals surface area contributed by atoms with Crippen LogP contribution >= 0.6 is 0 Å². The summed E-state index contributed by atoms with van der Waals surface area (Å²) in [6, 6.07) is 2.94. The summed E-state index contributed by atoms with van der Waals surface area (Å²) in [6.45, 7) is 0.478. The second-order valence-corrected chi connectivity index (χ2v) is 2.79. The van der Waals surface area contributed by atoms with Crippen LogP contribution in [0.1, 0.15) is 5.56 Å². The molecule has 0 saturated heterocycles. The van der Waals surface area contributed by atoms with Crippen molar-refractivity contribution in [1.29, 1.82) is 0 Å². The average molecular weight is 199 g/mol. The molecule has 2 N–H and O–H groups in total. The monoisotopic (exact) mass is 199 g/mol. The zero-order valence-electron chi connectivity index (χ0n) is 8.34. The first-order chi connectivity index (χ1) is 6.72. The van der Waals surface area contributed by atoms with Crippen molar-refractivity contribution in [2.75, 3.05) is 14.2 Å². The Labute approximate surface area is 82.8 Å². The molecule has 0 unspecified atom stereocenters. The number of rotatable bonds is 4. The zero-order valence-corrected chi connectivity index (χ0v) is 8.34. The lowest BCUT2D eigenvalue weighted by Gasteiger charge is -2.10. The molecular weight excluding hydrogens is 185 g/mol. The van der Waals surface area contributed by atoms with E-state index in [1.807, 2.05) is 0 Å². The predicted molar refractivity (Wildman–Crippen MR) is 50.5 cm³/mol. The van der Waals surface area contributed by atoms with Crippen LogP contribution in [0.2, 0.25) is 0 Å². The summed E-state index contributed by atoms with van der Waals surface area (Å²) < 4.78 is 23.4. The van der Waals surface area contributed by atoms with E-state index in [-0.39, 0.29) is 5.82 Å². The molecule has 0 amide bonds.